The zero-order valence-corrected chi connectivity index (χ0v) is 9.93. The van der Waals surface area contributed by atoms with Gasteiger partial charge in [0, 0.05) is 13.6 Å². The maximum atomic E-state index is 11.3. The van der Waals surface area contributed by atoms with Gasteiger partial charge < -0.3 is 15.3 Å². The number of nitrogens with zero attached hydrogens (tertiary/aromatic N) is 1. The molecule has 0 aromatic heterocycles. The van der Waals surface area contributed by atoms with Gasteiger partial charge in [-0.2, -0.15) is 0 Å². The number of carboxylic acids is 1. The minimum atomic E-state index is -0.990. The molecular weight excluding hydrogens is 220 g/mol. The van der Waals surface area contributed by atoms with Gasteiger partial charge in [-0.05, 0) is 19.1 Å². The largest absolute Gasteiger partial charge is 0.478 e. The van der Waals surface area contributed by atoms with Crippen LogP contribution < -0.4 is 10.2 Å². The minimum absolute atomic E-state index is 0.146. The lowest BCUT2D eigenvalue weighted by molar-refractivity contribution is -0.119. The number of amides is 1. The molecule has 0 bridgehead atoms. The Morgan fingerprint density at radius 3 is 2.53 bits per heavy atom. The topological polar surface area (TPSA) is 69.6 Å². The van der Waals surface area contributed by atoms with Crippen LogP contribution in [0.25, 0.3) is 0 Å². The monoisotopic (exact) mass is 236 g/mol. The van der Waals surface area contributed by atoms with E-state index in [0.717, 1.165) is 0 Å². The lowest BCUT2D eigenvalue weighted by atomic mass is 10.1. The van der Waals surface area contributed by atoms with Crippen LogP contribution in [0.4, 0.5) is 5.69 Å². The zero-order valence-electron chi connectivity index (χ0n) is 9.93. The van der Waals surface area contributed by atoms with E-state index in [1.807, 2.05) is 6.92 Å². The summed E-state index contributed by atoms with van der Waals surface area (Å²) < 4.78 is 0. The van der Waals surface area contributed by atoms with E-state index >= 15 is 0 Å². The number of carbonyl (C=O) groups excluding carboxylic acids is 1. The Kier molecular flexibility index (Phi) is 4.51. The van der Waals surface area contributed by atoms with Crippen molar-refractivity contribution in [1.82, 2.24) is 5.32 Å². The van der Waals surface area contributed by atoms with Crippen LogP contribution in [-0.4, -0.2) is 37.1 Å². The predicted octanol–water partition coefficient (Wildman–Crippen LogP) is 0.957. The normalized spacial score (nSPS) is 9.76. The highest BCUT2D eigenvalue weighted by atomic mass is 16.4. The fourth-order valence-electron chi connectivity index (χ4n) is 1.55. The van der Waals surface area contributed by atoms with Crippen molar-refractivity contribution in [3.8, 4) is 0 Å². The number of carboxylic acid groups (broad SMARTS) is 1. The van der Waals surface area contributed by atoms with E-state index < -0.39 is 5.97 Å². The molecule has 1 aromatic rings. The van der Waals surface area contributed by atoms with E-state index in [1.165, 1.54) is 6.07 Å². The second kappa shape index (κ2) is 5.89. The molecule has 5 heteroatoms. The molecule has 0 unspecified atom stereocenters. The second-order valence-corrected chi connectivity index (χ2v) is 3.51. The van der Waals surface area contributed by atoms with Gasteiger partial charge in [-0.1, -0.05) is 12.1 Å². The van der Waals surface area contributed by atoms with Gasteiger partial charge in [0.1, 0.15) is 0 Å². The summed E-state index contributed by atoms with van der Waals surface area (Å²) in [5.41, 5.74) is 0.768. The van der Waals surface area contributed by atoms with Crippen LogP contribution in [0.5, 0.6) is 0 Å². The van der Waals surface area contributed by atoms with E-state index in [2.05, 4.69) is 5.32 Å². The van der Waals surface area contributed by atoms with Gasteiger partial charge in [0.05, 0.1) is 17.8 Å². The lowest BCUT2D eigenvalue weighted by Gasteiger charge is -2.23. The van der Waals surface area contributed by atoms with Crippen molar-refractivity contribution in [2.75, 3.05) is 25.0 Å². The van der Waals surface area contributed by atoms with Crippen LogP contribution in [-0.2, 0) is 4.79 Å². The third-order valence-corrected chi connectivity index (χ3v) is 2.47. The first-order valence-electron chi connectivity index (χ1n) is 5.38. The summed E-state index contributed by atoms with van der Waals surface area (Å²) in [6, 6.07) is 6.66. The Labute approximate surface area is 100 Å². The Morgan fingerprint density at radius 1 is 1.35 bits per heavy atom. The minimum Gasteiger partial charge on any atom is -0.478 e. The van der Waals surface area contributed by atoms with Crippen LogP contribution in [0.3, 0.4) is 0 Å². The smallest absolute Gasteiger partial charge is 0.337 e. The number of rotatable bonds is 5. The van der Waals surface area contributed by atoms with Crippen LogP contribution in [0.2, 0.25) is 0 Å². The molecule has 0 aliphatic heterocycles. The molecule has 0 atom stereocenters. The number of benzene rings is 1. The molecule has 0 spiro atoms. The van der Waals surface area contributed by atoms with Gasteiger partial charge in [-0.25, -0.2) is 4.79 Å². The van der Waals surface area contributed by atoms with E-state index in [-0.39, 0.29) is 18.0 Å². The summed E-state index contributed by atoms with van der Waals surface area (Å²) >= 11 is 0. The first kappa shape index (κ1) is 13.0. The summed E-state index contributed by atoms with van der Waals surface area (Å²) in [5.74, 6) is -1.14. The standard InChI is InChI=1S/C12H16N2O3/c1-3-14(8-11(15)13-2)10-7-5-4-6-9(10)12(16)17/h4-7H,3,8H2,1-2H3,(H,13,15)(H,16,17). The van der Waals surface area contributed by atoms with Crippen molar-refractivity contribution >= 4 is 17.6 Å². The van der Waals surface area contributed by atoms with Crippen LogP contribution in [0.15, 0.2) is 24.3 Å². The number of hydrogen-bond acceptors (Lipinski definition) is 3. The summed E-state index contributed by atoms with van der Waals surface area (Å²) in [4.78, 5) is 24.1. The molecule has 0 heterocycles. The van der Waals surface area contributed by atoms with Crippen molar-refractivity contribution in [1.29, 1.82) is 0 Å². The fourth-order valence-corrected chi connectivity index (χ4v) is 1.55. The summed E-state index contributed by atoms with van der Waals surface area (Å²) in [5, 5.41) is 11.6. The molecule has 1 rings (SSSR count). The molecule has 2 N–H and O–H groups in total. The molecule has 0 aliphatic carbocycles. The predicted molar refractivity (Wildman–Crippen MR) is 65.4 cm³/mol. The molecular formula is C12H16N2O3. The molecule has 17 heavy (non-hydrogen) atoms. The third kappa shape index (κ3) is 3.21. The first-order chi connectivity index (χ1) is 8.10. The van der Waals surface area contributed by atoms with E-state index in [0.29, 0.717) is 12.2 Å². The number of likely N-dealkylation sites (N-methyl/N-ethyl adjacent to an activating group) is 2. The molecule has 0 fully saturated rings. The molecule has 0 radical (unpaired) electrons. The first-order valence-corrected chi connectivity index (χ1v) is 5.38. The molecule has 0 aliphatic rings. The SMILES string of the molecule is CCN(CC(=O)NC)c1ccccc1C(=O)O. The molecule has 1 amide bonds. The number of hydrogen-bond donors (Lipinski definition) is 2. The van der Waals surface area contributed by atoms with Crippen molar-refractivity contribution in [3.05, 3.63) is 29.8 Å². The van der Waals surface area contributed by atoms with E-state index in [4.69, 9.17) is 5.11 Å². The van der Waals surface area contributed by atoms with Gasteiger partial charge in [-0.3, -0.25) is 4.79 Å². The number of para-hydroxylation sites is 1. The highest BCUT2D eigenvalue weighted by molar-refractivity contribution is 5.95. The van der Waals surface area contributed by atoms with Crippen molar-refractivity contribution < 1.29 is 14.7 Å². The maximum Gasteiger partial charge on any atom is 0.337 e. The van der Waals surface area contributed by atoms with Gasteiger partial charge in [0.15, 0.2) is 0 Å². The Hall–Kier alpha value is -2.04. The fraction of sp³-hybridized carbons (Fsp3) is 0.333. The quantitative estimate of drug-likeness (QED) is 0.798. The summed E-state index contributed by atoms with van der Waals surface area (Å²) in [6.45, 7) is 2.59. The van der Waals surface area contributed by atoms with Gasteiger partial charge in [-0.15, -0.1) is 0 Å². The molecule has 0 saturated carbocycles. The summed E-state index contributed by atoms with van der Waals surface area (Å²) in [6.07, 6.45) is 0. The highest BCUT2D eigenvalue weighted by Crippen LogP contribution is 2.19. The van der Waals surface area contributed by atoms with Crippen molar-refractivity contribution in [2.24, 2.45) is 0 Å². The van der Waals surface area contributed by atoms with E-state index in [9.17, 15) is 9.59 Å². The number of nitrogens with one attached hydrogen (secondary N) is 1. The van der Waals surface area contributed by atoms with Gasteiger partial charge >= 0.3 is 5.97 Å². The molecule has 0 saturated heterocycles. The van der Waals surface area contributed by atoms with Gasteiger partial charge in [0.2, 0.25) is 5.91 Å². The Balaban J connectivity index is 3.03. The van der Waals surface area contributed by atoms with Crippen LogP contribution in [0.1, 0.15) is 17.3 Å². The average molecular weight is 236 g/mol. The zero-order chi connectivity index (χ0) is 12.8. The Bertz CT molecular complexity index is 418. The Morgan fingerprint density at radius 2 is 2.00 bits per heavy atom. The number of carbonyl (C=O) groups is 2. The average Bonchev–Trinajstić information content (AvgIpc) is 2.35. The van der Waals surface area contributed by atoms with Crippen molar-refractivity contribution in [2.45, 2.75) is 6.92 Å². The third-order valence-electron chi connectivity index (χ3n) is 2.47. The van der Waals surface area contributed by atoms with Crippen molar-refractivity contribution in [3.63, 3.8) is 0 Å². The van der Waals surface area contributed by atoms with Crippen LogP contribution in [0, 0.1) is 0 Å². The van der Waals surface area contributed by atoms with Gasteiger partial charge in [0.25, 0.3) is 0 Å². The molecule has 1 aromatic carbocycles. The molecule has 5 nitrogen and oxygen atoms in total. The van der Waals surface area contributed by atoms with Crippen LogP contribution >= 0.6 is 0 Å². The van der Waals surface area contributed by atoms with E-state index in [1.54, 1.807) is 30.1 Å². The number of aromatic carboxylic acids is 1. The maximum absolute atomic E-state index is 11.3. The summed E-state index contributed by atoms with van der Waals surface area (Å²) in [7, 11) is 1.55. The number of anilines is 1. The highest BCUT2D eigenvalue weighted by Gasteiger charge is 2.15. The molecule has 92 valence electrons. The second-order valence-electron chi connectivity index (χ2n) is 3.51. The lowest BCUT2D eigenvalue weighted by Crippen LogP contribution is -2.36.